The van der Waals surface area contributed by atoms with E-state index in [-0.39, 0.29) is 27.6 Å². The van der Waals surface area contributed by atoms with Crippen LogP contribution >= 0.6 is 11.6 Å². The minimum absolute atomic E-state index is 0.0852. The van der Waals surface area contributed by atoms with Crippen LogP contribution in [0.5, 0.6) is 11.5 Å². The molecule has 0 unspecified atom stereocenters. The van der Waals surface area contributed by atoms with E-state index < -0.39 is 17.6 Å². The molecule has 0 heterocycles. The highest BCUT2D eigenvalue weighted by atomic mass is 35.5. The maximum absolute atomic E-state index is 13.3. The van der Waals surface area contributed by atoms with Gasteiger partial charge in [0, 0.05) is 11.3 Å². The number of hydrogen-bond donors (Lipinski definition) is 2. The quantitative estimate of drug-likeness (QED) is 0.639. The number of carbonyl (C=O) groups excluding carboxylic acids is 2. The Labute approximate surface area is 165 Å². The third kappa shape index (κ3) is 4.29. The number of nitrogens with two attached hydrogens (primary N) is 1. The zero-order valence-corrected chi connectivity index (χ0v) is 15.6. The number of nitrogens with one attached hydrogen (secondary N) is 1. The fourth-order valence-electron chi connectivity index (χ4n) is 2.64. The lowest BCUT2D eigenvalue weighted by Crippen LogP contribution is -2.16. The number of aryl methyl sites for hydroxylation is 1. The molecule has 0 aliphatic heterocycles. The number of carbonyl (C=O) groups is 2. The summed E-state index contributed by atoms with van der Waals surface area (Å²) in [6, 6.07) is 15.1. The molecular weight excluding hydrogens is 383 g/mol. The van der Waals surface area contributed by atoms with Crippen molar-refractivity contribution in [1.82, 2.24) is 0 Å². The van der Waals surface area contributed by atoms with E-state index in [4.69, 9.17) is 22.1 Å². The Morgan fingerprint density at radius 3 is 2.50 bits per heavy atom. The summed E-state index contributed by atoms with van der Waals surface area (Å²) in [6.07, 6.45) is 0. The van der Waals surface area contributed by atoms with Crippen LogP contribution in [0.3, 0.4) is 0 Å². The van der Waals surface area contributed by atoms with Crippen LogP contribution in [-0.4, -0.2) is 11.8 Å². The molecule has 0 saturated heterocycles. The summed E-state index contributed by atoms with van der Waals surface area (Å²) in [5, 5.41) is 2.81. The van der Waals surface area contributed by atoms with Gasteiger partial charge in [-0.1, -0.05) is 29.8 Å². The van der Waals surface area contributed by atoms with E-state index in [0.29, 0.717) is 11.3 Å². The fraction of sp³-hybridized carbons (Fsp3) is 0.0476. The molecule has 0 radical (unpaired) electrons. The molecule has 3 N–H and O–H groups in total. The van der Waals surface area contributed by atoms with E-state index in [0.717, 1.165) is 6.07 Å². The number of benzene rings is 3. The van der Waals surface area contributed by atoms with Crippen LogP contribution in [0.1, 0.15) is 26.3 Å². The first kappa shape index (κ1) is 19.4. The standard InChI is InChI=1S/C21H16ClFN2O3/c1-12-4-2-7-18(28-17-9-8-14(23)11-16(17)22)19(12)21(27)25-15-6-3-5-13(10-15)20(24)26/h2-11H,1H3,(H2,24,26)(H,25,27). The molecule has 7 heteroatoms. The van der Waals surface area contributed by atoms with Gasteiger partial charge < -0.3 is 15.8 Å². The van der Waals surface area contributed by atoms with Crippen LogP contribution in [0.4, 0.5) is 10.1 Å². The van der Waals surface area contributed by atoms with Crippen LogP contribution in [0, 0.1) is 12.7 Å². The minimum Gasteiger partial charge on any atom is -0.455 e. The topological polar surface area (TPSA) is 81.4 Å². The summed E-state index contributed by atoms with van der Waals surface area (Å²) in [6.45, 7) is 1.76. The minimum atomic E-state index is -0.595. The highest BCUT2D eigenvalue weighted by molar-refractivity contribution is 6.32. The number of hydrogen-bond acceptors (Lipinski definition) is 3. The average Bonchev–Trinajstić information content (AvgIpc) is 2.64. The summed E-state index contributed by atoms with van der Waals surface area (Å²) >= 11 is 6.02. The molecule has 28 heavy (non-hydrogen) atoms. The molecule has 0 atom stereocenters. The van der Waals surface area contributed by atoms with Gasteiger partial charge in [0.15, 0.2) is 0 Å². The number of rotatable bonds is 5. The molecule has 0 aliphatic rings. The Bertz CT molecular complexity index is 1070. The molecule has 0 fully saturated rings. The van der Waals surface area contributed by atoms with Crippen molar-refractivity contribution in [2.24, 2.45) is 5.73 Å². The van der Waals surface area contributed by atoms with Gasteiger partial charge in [-0.2, -0.15) is 0 Å². The normalized spacial score (nSPS) is 10.4. The van der Waals surface area contributed by atoms with Crippen molar-refractivity contribution in [2.75, 3.05) is 5.32 Å². The lowest BCUT2D eigenvalue weighted by molar-refractivity contribution is 0.0995. The first-order valence-electron chi connectivity index (χ1n) is 8.29. The van der Waals surface area contributed by atoms with Crippen molar-refractivity contribution in [3.8, 4) is 11.5 Å². The Hall–Kier alpha value is -3.38. The molecule has 0 bridgehead atoms. The van der Waals surface area contributed by atoms with Gasteiger partial charge in [0.05, 0.1) is 10.6 Å². The second-order valence-electron chi connectivity index (χ2n) is 6.02. The average molecular weight is 399 g/mol. The van der Waals surface area contributed by atoms with Gasteiger partial charge in [0.25, 0.3) is 5.91 Å². The van der Waals surface area contributed by atoms with E-state index in [1.807, 2.05) is 0 Å². The van der Waals surface area contributed by atoms with Crippen molar-refractivity contribution in [2.45, 2.75) is 6.92 Å². The SMILES string of the molecule is Cc1cccc(Oc2ccc(F)cc2Cl)c1C(=O)Nc1cccc(C(N)=O)c1. The predicted octanol–water partition coefficient (Wildman–Crippen LogP) is 4.93. The smallest absolute Gasteiger partial charge is 0.259 e. The summed E-state index contributed by atoms with van der Waals surface area (Å²) in [5.41, 5.74) is 6.91. The van der Waals surface area contributed by atoms with Crippen LogP contribution in [-0.2, 0) is 0 Å². The van der Waals surface area contributed by atoms with Gasteiger partial charge in [0.2, 0.25) is 5.91 Å². The van der Waals surface area contributed by atoms with E-state index >= 15 is 0 Å². The molecule has 0 aliphatic carbocycles. The number of primary amides is 1. The lowest BCUT2D eigenvalue weighted by atomic mass is 10.1. The highest BCUT2D eigenvalue weighted by Gasteiger charge is 2.18. The second kappa shape index (κ2) is 8.10. The lowest BCUT2D eigenvalue weighted by Gasteiger charge is -2.15. The molecule has 5 nitrogen and oxygen atoms in total. The first-order chi connectivity index (χ1) is 13.3. The number of anilines is 1. The predicted molar refractivity (Wildman–Crippen MR) is 106 cm³/mol. The number of halogens is 2. The van der Waals surface area contributed by atoms with Crippen LogP contribution in [0.25, 0.3) is 0 Å². The Kier molecular flexibility index (Phi) is 5.61. The molecule has 3 aromatic rings. The monoisotopic (exact) mass is 398 g/mol. The van der Waals surface area contributed by atoms with Gasteiger partial charge in [-0.25, -0.2) is 4.39 Å². The summed E-state index contributed by atoms with van der Waals surface area (Å²) in [7, 11) is 0. The van der Waals surface area contributed by atoms with Crippen LogP contribution < -0.4 is 15.8 Å². The molecule has 0 aromatic heterocycles. The first-order valence-corrected chi connectivity index (χ1v) is 8.66. The zero-order chi connectivity index (χ0) is 20.3. The molecule has 142 valence electrons. The maximum atomic E-state index is 13.3. The van der Waals surface area contributed by atoms with Gasteiger partial charge >= 0.3 is 0 Å². The number of amides is 2. The molecule has 3 aromatic carbocycles. The second-order valence-corrected chi connectivity index (χ2v) is 6.43. The third-order valence-corrected chi connectivity index (χ3v) is 4.28. The van der Waals surface area contributed by atoms with Gasteiger partial charge in [0.1, 0.15) is 17.3 Å². The summed E-state index contributed by atoms with van der Waals surface area (Å²) < 4.78 is 19.0. The van der Waals surface area contributed by atoms with Crippen molar-refractivity contribution in [3.05, 3.63) is 88.2 Å². The largest absolute Gasteiger partial charge is 0.455 e. The molecule has 0 saturated carbocycles. The Morgan fingerprint density at radius 1 is 1.04 bits per heavy atom. The fourth-order valence-corrected chi connectivity index (χ4v) is 2.84. The van der Waals surface area contributed by atoms with E-state index in [1.54, 1.807) is 43.3 Å². The van der Waals surface area contributed by atoms with Crippen molar-refractivity contribution in [1.29, 1.82) is 0 Å². The van der Waals surface area contributed by atoms with E-state index in [1.165, 1.54) is 18.2 Å². The maximum Gasteiger partial charge on any atom is 0.259 e. The molecule has 3 rings (SSSR count). The molecule has 2 amide bonds. The van der Waals surface area contributed by atoms with Gasteiger partial charge in [-0.15, -0.1) is 0 Å². The van der Waals surface area contributed by atoms with Crippen molar-refractivity contribution in [3.63, 3.8) is 0 Å². The Balaban J connectivity index is 1.92. The van der Waals surface area contributed by atoms with Crippen molar-refractivity contribution >= 4 is 29.1 Å². The van der Waals surface area contributed by atoms with Crippen LogP contribution in [0.2, 0.25) is 5.02 Å². The van der Waals surface area contributed by atoms with Gasteiger partial charge in [-0.05, 0) is 55.0 Å². The number of ether oxygens (including phenoxy) is 1. The van der Waals surface area contributed by atoms with Crippen molar-refractivity contribution < 1.29 is 18.7 Å². The summed E-state index contributed by atoms with van der Waals surface area (Å²) in [5.74, 6) is -1.04. The highest BCUT2D eigenvalue weighted by Crippen LogP contribution is 2.33. The van der Waals surface area contributed by atoms with E-state index in [2.05, 4.69) is 5.32 Å². The third-order valence-electron chi connectivity index (χ3n) is 3.98. The van der Waals surface area contributed by atoms with Crippen LogP contribution in [0.15, 0.2) is 60.7 Å². The zero-order valence-electron chi connectivity index (χ0n) is 14.8. The summed E-state index contributed by atoms with van der Waals surface area (Å²) in [4.78, 5) is 24.2. The van der Waals surface area contributed by atoms with E-state index in [9.17, 15) is 14.0 Å². The van der Waals surface area contributed by atoms with Gasteiger partial charge in [-0.3, -0.25) is 9.59 Å². The molecule has 0 spiro atoms. The Morgan fingerprint density at radius 2 is 1.79 bits per heavy atom. The molecular formula is C21H16ClFN2O3.